The predicted octanol–water partition coefficient (Wildman–Crippen LogP) is 2.41. The molecular formula is C20H28N2O3. The van der Waals surface area contributed by atoms with Crippen molar-refractivity contribution in [1.29, 1.82) is 0 Å². The zero-order chi connectivity index (χ0) is 17.8. The number of rotatable bonds is 4. The molecule has 1 saturated heterocycles. The molecule has 25 heavy (non-hydrogen) atoms. The Morgan fingerprint density at radius 1 is 1.08 bits per heavy atom. The van der Waals surface area contributed by atoms with Gasteiger partial charge in [0.1, 0.15) is 0 Å². The summed E-state index contributed by atoms with van der Waals surface area (Å²) in [5.74, 6) is -0.437. The fraction of sp³-hybridized carbons (Fsp3) is 0.600. The third-order valence-electron chi connectivity index (χ3n) is 5.44. The molecule has 1 aromatic carbocycles. The maximum Gasteiger partial charge on any atom is 0.254 e. The molecule has 0 radical (unpaired) electrons. The van der Waals surface area contributed by atoms with Crippen LogP contribution in [0.15, 0.2) is 24.3 Å². The van der Waals surface area contributed by atoms with Crippen LogP contribution in [0.25, 0.3) is 0 Å². The van der Waals surface area contributed by atoms with Gasteiger partial charge in [0.15, 0.2) is 6.10 Å². The van der Waals surface area contributed by atoms with Gasteiger partial charge in [-0.05, 0) is 44.7 Å². The smallest absolute Gasteiger partial charge is 0.254 e. The van der Waals surface area contributed by atoms with Gasteiger partial charge in [-0.3, -0.25) is 9.59 Å². The van der Waals surface area contributed by atoms with Gasteiger partial charge in [0.25, 0.3) is 11.8 Å². The summed E-state index contributed by atoms with van der Waals surface area (Å²) < 4.78 is 0. The molecule has 2 aliphatic rings. The van der Waals surface area contributed by atoms with E-state index >= 15 is 0 Å². The predicted molar refractivity (Wildman–Crippen MR) is 96.3 cm³/mol. The number of aliphatic hydroxyl groups is 1. The standard InChI is InChI=1S/C20H28N2O3/c1-14-9-11-15(12-10-14)20(25)22-13-5-8-17(22)18(23)19(24)21-16-6-3-2-4-7-16/h9-12,16-18,23H,2-8,13H2,1H3,(H,21,24)/t17-,18?/m0/s1. The Balaban J connectivity index is 1.64. The zero-order valence-electron chi connectivity index (χ0n) is 14.9. The van der Waals surface area contributed by atoms with Crippen LogP contribution in [0.5, 0.6) is 0 Å². The van der Waals surface area contributed by atoms with Crippen molar-refractivity contribution in [1.82, 2.24) is 10.2 Å². The first-order valence-corrected chi connectivity index (χ1v) is 9.42. The molecule has 2 N–H and O–H groups in total. The quantitative estimate of drug-likeness (QED) is 0.881. The number of hydrogen-bond donors (Lipinski definition) is 2. The molecule has 5 heteroatoms. The highest BCUT2D eigenvalue weighted by atomic mass is 16.3. The molecule has 0 spiro atoms. The number of hydrogen-bond acceptors (Lipinski definition) is 3. The van der Waals surface area contributed by atoms with E-state index in [9.17, 15) is 14.7 Å². The van der Waals surface area contributed by atoms with Crippen molar-refractivity contribution in [2.24, 2.45) is 0 Å². The number of benzene rings is 1. The first-order chi connectivity index (χ1) is 12.1. The second-order valence-electron chi connectivity index (χ2n) is 7.36. The van der Waals surface area contributed by atoms with Crippen molar-refractivity contribution in [3.63, 3.8) is 0 Å². The van der Waals surface area contributed by atoms with Crippen LogP contribution in [0.2, 0.25) is 0 Å². The Morgan fingerprint density at radius 2 is 1.76 bits per heavy atom. The molecule has 1 saturated carbocycles. The zero-order valence-corrected chi connectivity index (χ0v) is 14.9. The number of aryl methyl sites for hydroxylation is 1. The highest BCUT2D eigenvalue weighted by Crippen LogP contribution is 2.24. The maximum absolute atomic E-state index is 12.8. The summed E-state index contributed by atoms with van der Waals surface area (Å²) in [6, 6.07) is 7.16. The van der Waals surface area contributed by atoms with Crippen LogP contribution in [0.3, 0.4) is 0 Å². The number of carbonyl (C=O) groups is 2. The van der Waals surface area contributed by atoms with Gasteiger partial charge >= 0.3 is 0 Å². The monoisotopic (exact) mass is 344 g/mol. The molecular weight excluding hydrogens is 316 g/mol. The van der Waals surface area contributed by atoms with E-state index in [0.717, 1.165) is 37.7 Å². The van der Waals surface area contributed by atoms with Crippen molar-refractivity contribution < 1.29 is 14.7 Å². The average Bonchev–Trinajstić information content (AvgIpc) is 3.11. The Morgan fingerprint density at radius 3 is 2.44 bits per heavy atom. The van der Waals surface area contributed by atoms with Crippen LogP contribution in [0, 0.1) is 6.92 Å². The summed E-state index contributed by atoms with van der Waals surface area (Å²) in [6.45, 7) is 2.57. The molecule has 1 aromatic rings. The van der Waals surface area contributed by atoms with Gasteiger partial charge in [-0.15, -0.1) is 0 Å². The van der Waals surface area contributed by atoms with Gasteiger partial charge < -0.3 is 15.3 Å². The van der Waals surface area contributed by atoms with Crippen molar-refractivity contribution >= 4 is 11.8 Å². The van der Waals surface area contributed by atoms with E-state index in [-0.39, 0.29) is 17.9 Å². The first-order valence-electron chi connectivity index (χ1n) is 9.42. The second kappa shape index (κ2) is 8.00. The molecule has 3 rings (SSSR count). The Kier molecular flexibility index (Phi) is 5.74. The van der Waals surface area contributed by atoms with E-state index in [4.69, 9.17) is 0 Å². The Hall–Kier alpha value is -1.88. The van der Waals surface area contributed by atoms with Crippen molar-refractivity contribution in [3.8, 4) is 0 Å². The lowest BCUT2D eigenvalue weighted by atomic mass is 9.95. The third-order valence-corrected chi connectivity index (χ3v) is 5.44. The minimum absolute atomic E-state index is 0.105. The van der Waals surface area contributed by atoms with Crippen molar-refractivity contribution in [3.05, 3.63) is 35.4 Å². The van der Waals surface area contributed by atoms with Gasteiger partial charge in [0, 0.05) is 18.2 Å². The normalized spacial score (nSPS) is 22.6. The van der Waals surface area contributed by atoms with Gasteiger partial charge in [-0.1, -0.05) is 37.0 Å². The number of nitrogens with one attached hydrogen (secondary N) is 1. The molecule has 2 atom stereocenters. The van der Waals surface area contributed by atoms with E-state index in [1.807, 2.05) is 31.2 Å². The van der Waals surface area contributed by atoms with Crippen molar-refractivity contribution in [2.45, 2.75) is 70.1 Å². The number of likely N-dealkylation sites (tertiary alicyclic amines) is 1. The lowest BCUT2D eigenvalue weighted by Crippen LogP contribution is -2.52. The van der Waals surface area contributed by atoms with E-state index in [0.29, 0.717) is 18.5 Å². The molecule has 0 bridgehead atoms. The summed E-state index contributed by atoms with van der Waals surface area (Å²) in [5.41, 5.74) is 1.71. The Labute approximate surface area is 149 Å². The SMILES string of the molecule is Cc1ccc(C(=O)N2CCC[C@H]2C(O)C(=O)NC2CCCCC2)cc1. The van der Waals surface area contributed by atoms with Gasteiger partial charge in [0.2, 0.25) is 0 Å². The van der Waals surface area contributed by atoms with E-state index < -0.39 is 12.1 Å². The third kappa shape index (κ3) is 4.21. The van der Waals surface area contributed by atoms with Crippen LogP contribution in [-0.4, -0.2) is 46.6 Å². The van der Waals surface area contributed by atoms with E-state index in [1.54, 1.807) is 4.90 Å². The summed E-state index contributed by atoms with van der Waals surface area (Å²) in [7, 11) is 0. The lowest BCUT2D eigenvalue weighted by Gasteiger charge is -2.30. The van der Waals surface area contributed by atoms with Gasteiger partial charge in [-0.2, -0.15) is 0 Å². The van der Waals surface area contributed by atoms with Crippen LogP contribution < -0.4 is 5.32 Å². The average molecular weight is 344 g/mol. The molecule has 1 aliphatic heterocycles. The molecule has 1 unspecified atom stereocenters. The van der Waals surface area contributed by atoms with Gasteiger partial charge in [-0.25, -0.2) is 0 Å². The van der Waals surface area contributed by atoms with Crippen LogP contribution >= 0.6 is 0 Å². The Bertz CT molecular complexity index is 608. The fourth-order valence-corrected chi connectivity index (χ4v) is 3.94. The lowest BCUT2D eigenvalue weighted by molar-refractivity contribution is -0.132. The second-order valence-corrected chi connectivity index (χ2v) is 7.36. The minimum atomic E-state index is -1.15. The van der Waals surface area contributed by atoms with Crippen LogP contribution in [-0.2, 0) is 4.79 Å². The summed E-state index contributed by atoms with van der Waals surface area (Å²) in [4.78, 5) is 26.9. The molecule has 1 heterocycles. The molecule has 136 valence electrons. The highest BCUT2D eigenvalue weighted by Gasteiger charge is 2.38. The topological polar surface area (TPSA) is 69.6 Å². The fourth-order valence-electron chi connectivity index (χ4n) is 3.94. The van der Waals surface area contributed by atoms with Crippen molar-refractivity contribution in [2.75, 3.05) is 6.54 Å². The van der Waals surface area contributed by atoms with E-state index in [2.05, 4.69) is 5.32 Å². The molecule has 2 amide bonds. The van der Waals surface area contributed by atoms with E-state index in [1.165, 1.54) is 6.42 Å². The number of carbonyl (C=O) groups excluding carboxylic acids is 2. The summed E-state index contributed by atoms with van der Waals surface area (Å²) >= 11 is 0. The van der Waals surface area contributed by atoms with Gasteiger partial charge in [0.05, 0.1) is 6.04 Å². The first kappa shape index (κ1) is 17.9. The number of nitrogens with zero attached hydrogens (tertiary/aromatic N) is 1. The summed E-state index contributed by atoms with van der Waals surface area (Å²) in [6.07, 6.45) is 5.76. The highest BCUT2D eigenvalue weighted by molar-refractivity contribution is 5.95. The number of aliphatic hydroxyl groups excluding tert-OH is 1. The maximum atomic E-state index is 12.8. The largest absolute Gasteiger partial charge is 0.381 e. The summed E-state index contributed by atoms with van der Waals surface area (Å²) in [5, 5.41) is 13.5. The number of amides is 2. The van der Waals surface area contributed by atoms with Crippen LogP contribution in [0.4, 0.5) is 0 Å². The van der Waals surface area contributed by atoms with Crippen LogP contribution in [0.1, 0.15) is 60.9 Å². The molecule has 5 nitrogen and oxygen atoms in total. The minimum Gasteiger partial charge on any atom is -0.381 e. The molecule has 1 aliphatic carbocycles. The molecule has 0 aromatic heterocycles. The molecule has 2 fully saturated rings.